The molecule has 26 heavy (non-hydrogen) atoms. The summed E-state index contributed by atoms with van der Waals surface area (Å²) in [7, 11) is -2.33. The molecule has 2 rings (SSSR count). The molecule has 7 heteroatoms. The SMILES string of the molecule is CN(CC(=O)NCCc1ccccc1)S(=O)(=O)Cc1ccccc1C#N. The number of nitrogens with one attached hydrogen (secondary N) is 1. The van der Waals surface area contributed by atoms with Crippen LogP contribution in [0, 0.1) is 11.3 Å². The number of hydrogen-bond donors (Lipinski definition) is 1. The summed E-state index contributed by atoms with van der Waals surface area (Å²) in [6.45, 7) is 0.180. The van der Waals surface area contributed by atoms with Gasteiger partial charge in [-0.05, 0) is 23.6 Å². The van der Waals surface area contributed by atoms with Crippen LogP contribution in [0.15, 0.2) is 54.6 Å². The van der Waals surface area contributed by atoms with E-state index in [4.69, 9.17) is 5.26 Å². The number of rotatable bonds is 8. The third-order valence-corrected chi connectivity index (χ3v) is 5.65. The van der Waals surface area contributed by atoms with Gasteiger partial charge in [0.1, 0.15) is 0 Å². The van der Waals surface area contributed by atoms with Crippen molar-refractivity contribution >= 4 is 15.9 Å². The number of carbonyl (C=O) groups excluding carboxylic acids is 1. The van der Waals surface area contributed by atoms with Crippen molar-refractivity contribution in [3.63, 3.8) is 0 Å². The van der Waals surface area contributed by atoms with E-state index in [9.17, 15) is 13.2 Å². The Bertz CT molecular complexity index is 890. The van der Waals surface area contributed by atoms with Gasteiger partial charge in [0.25, 0.3) is 0 Å². The van der Waals surface area contributed by atoms with Crippen molar-refractivity contribution in [2.24, 2.45) is 0 Å². The number of hydrogen-bond acceptors (Lipinski definition) is 4. The monoisotopic (exact) mass is 371 g/mol. The molecule has 0 aliphatic heterocycles. The lowest BCUT2D eigenvalue weighted by molar-refractivity contribution is -0.121. The Morgan fingerprint density at radius 1 is 1.12 bits per heavy atom. The second-order valence-corrected chi connectivity index (χ2v) is 7.94. The van der Waals surface area contributed by atoms with E-state index in [1.165, 1.54) is 7.05 Å². The first-order valence-electron chi connectivity index (χ1n) is 8.15. The summed E-state index contributed by atoms with van der Waals surface area (Å²) >= 11 is 0. The Hall–Kier alpha value is -2.69. The van der Waals surface area contributed by atoms with E-state index in [1.54, 1.807) is 24.3 Å². The van der Waals surface area contributed by atoms with Gasteiger partial charge in [-0.1, -0.05) is 48.5 Å². The van der Waals surface area contributed by atoms with Crippen molar-refractivity contribution in [3.05, 3.63) is 71.3 Å². The predicted molar refractivity (Wildman–Crippen MR) is 99.6 cm³/mol. The van der Waals surface area contributed by atoms with Gasteiger partial charge in [0, 0.05) is 13.6 Å². The van der Waals surface area contributed by atoms with Gasteiger partial charge in [-0.15, -0.1) is 0 Å². The summed E-state index contributed by atoms with van der Waals surface area (Å²) in [5, 5.41) is 11.8. The van der Waals surface area contributed by atoms with Crippen molar-refractivity contribution in [1.82, 2.24) is 9.62 Å². The zero-order valence-corrected chi connectivity index (χ0v) is 15.4. The molecule has 0 aliphatic rings. The standard InChI is InChI=1S/C19H21N3O3S/c1-22(14-19(23)21-12-11-16-7-3-2-4-8-16)26(24,25)15-18-10-6-5-9-17(18)13-20/h2-10H,11-12,14-15H2,1H3,(H,21,23). The minimum Gasteiger partial charge on any atom is -0.355 e. The van der Waals surface area contributed by atoms with Crippen LogP contribution in [-0.2, 0) is 27.0 Å². The first-order chi connectivity index (χ1) is 12.4. The minimum atomic E-state index is -3.70. The fourth-order valence-electron chi connectivity index (χ4n) is 2.41. The van der Waals surface area contributed by atoms with Crippen LogP contribution >= 0.6 is 0 Å². The third-order valence-electron chi connectivity index (χ3n) is 3.90. The van der Waals surface area contributed by atoms with Gasteiger partial charge in [0.2, 0.25) is 15.9 Å². The van der Waals surface area contributed by atoms with E-state index in [2.05, 4.69) is 5.32 Å². The minimum absolute atomic E-state index is 0.258. The normalized spacial score (nSPS) is 11.1. The molecule has 0 saturated heterocycles. The molecular formula is C19H21N3O3S. The molecule has 0 saturated carbocycles. The van der Waals surface area contributed by atoms with E-state index < -0.39 is 10.0 Å². The van der Waals surface area contributed by atoms with Crippen LogP contribution in [0.2, 0.25) is 0 Å². The van der Waals surface area contributed by atoms with Gasteiger partial charge in [0.05, 0.1) is 23.9 Å². The smallest absolute Gasteiger partial charge is 0.235 e. The van der Waals surface area contributed by atoms with Gasteiger partial charge in [-0.2, -0.15) is 9.57 Å². The predicted octanol–water partition coefficient (Wildman–Crippen LogP) is 1.68. The molecule has 2 aromatic carbocycles. The number of nitrogens with zero attached hydrogens (tertiary/aromatic N) is 2. The Labute approximate surface area is 154 Å². The van der Waals surface area contributed by atoms with E-state index in [0.29, 0.717) is 24.1 Å². The van der Waals surface area contributed by atoms with Crippen LogP contribution in [0.5, 0.6) is 0 Å². The largest absolute Gasteiger partial charge is 0.355 e. The number of nitriles is 1. The fraction of sp³-hybridized carbons (Fsp3) is 0.263. The summed E-state index contributed by atoms with van der Waals surface area (Å²) in [6, 6.07) is 18.2. The molecule has 0 atom stereocenters. The van der Waals surface area contributed by atoms with E-state index >= 15 is 0 Å². The maximum Gasteiger partial charge on any atom is 0.235 e. The molecule has 6 nitrogen and oxygen atoms in total. The number of benzene rings is 2. The highest BCUT2D eigenvalue weighted by Gasteiger charge is 2.22. The van der Waals surface area contributed by atoms with Gasteiger partial charge in [-0.3, -0.25) is 4.79 Å². The van der Waals surface area contributed by atoms with Crippen LogP contribution in [0.25, 0.3) is 0 Å². The van der Waals surface area contributed by atoms with Crippen molar-refractivity contribution in [3.8, 4) is 6.07 Å². The van der Waals surface area contributed by atoms with Crippen molar-refractivity contribution in [1.29, 1.82) is 5.26 Å². The number of sulfonamides is 1. The molecule has 2 aromatic rings. The topological polar surface area (TPSA) is 90.3 Å². The molecule has 0 aliphatic carbocycles. The van der Waals surface area contributed by atoms with Crippen LogP contribution in [0.3, 0.4) is 0 Å². The first kappa shape index (κ1) is 19.6. The fourth-order valence-corrected chi connectivity index (χ4v) is 3.59. The lowest BCUT2D eigenvalue weighted by atomic mass is 10.1. The third kappa shape index (κ3) is 5.69. The summed E-state index contributed by atoms with van der Waals surface area (Å²) in [5.74, 6) is -0.676. The Morgan fingerprint density at radius 3 is 2.46 bits per heavy atom. The van der Waals surface area contributed by atoms with Crippen LogP contribution in [0.4, 0.5) is 0 Å². The molecular weight excluding hydrogens is 350 g/mol. The average Bonchev–Trinajstić information content (AvgIpc) is 2.62. The lowest BCUT2D eigenvalue weighted by Crippen LogP contribution is -2.39. The molecule has 0 aromatic heterocycles. The zero-order valence-electron chi connectivity index (χ0n) is 14.6. The van der Waals surface area contributed by atoms with Crippen molar-refractivity contribution in [2.45, 2.75) is 12.2 Å². The molecule has 0 radical (unpaired) electrons. The van der Waals surface area contributed by atoms with Crippen molar-refractivity contribution in [2.75, 3.05) is 20.1 Å². The Balaban J connectivity index is 1.88. The number of likely N-dealkylation sites (N-methyl/N-ethyl adjacent to an activating group) is 1. The van der Waals surface area contributed by atoms with Gasteiger partial charge < -0.3 is 5.32 Å². The molecule has 0 spiro atoms. The lowest BCUT2D eigenvalue weighted by Gasteiger charge is -2.17. The van der Waals surface area contributed by atoms with Gasteiger partial charge >= 0.3 is 0 Å². The number of carbonyl (C=O) groups is 1. The summed E-state index contributed by atoms with van der Waals surface area (Å²) < 4.78 is 25.9. The molecule has 136 valence electrons. The highest BCUT2D eigenvalue weighted by atomic mass is 32.2. The maximum absolute atomic E-state index is 12.4. The summed E-state index contributed by atoms with van der Waals surface area (Å²) in [4.78, 5) is 12.0. The summed E-state index contributed by atoms with van der Waals surface area (Å²) in [5.41, 5.74) is 1.84. The maximum atomic E-state index is 12.4. The highest BCUT2D eigenvalue weighted by Crippen LogP contribution is 2.13. The summed E-state index contributed by atoms with van der Waals surface area (Å²) in [6.07, 6.45) is 0.679. The van der Waals surface area contributed by atoms with E-state index in [1.807, 2.05) is 36.4 Å². The second kappa shape index (κ2) is 9.13. The van der Waals surface area contributed by atoms with Crippen molar-refractivity contribution < 1.29 is 13.2 Å². The molecule has 0 fully saturated rings. The highest BCUT2D eigenvalue weighted by molar-refractivity contribution is 7.88. The van der Waals surface area contributed by atoms with Crippen LogP contribution in [0.1, 0.15) is 16.7 Å². The zero-order chi connectivity index (χ0) is 19.0. The molecule has 1 amide bonds. The van der Waals surface area contributed by atoms with Gasteiger partial charge in [-0.25, -0.2) is 8.42 Å². The van der Waals surface area contributed by atoms with E-state index in [0.717, 1.165) is 9.87 Å². The van der Waals surface area contributed by atoms with E-state index in [-0.39, 0.29) is 18.2 Å². The van der Waals surface area contributed by atoms with Crippen LogP contribution in [-0.4, -0.2) is 38.8 Å². The average molecular weight is 371 g/mol. The quantitative estimate of drug-likeness (QED) is 0.764. The first-order valence-corrected chi connectivity index (χ1v) is 9.76. The molecule has 1 N–H and O–H groups in total. The molecule has 0 heterocycles. The molecule has 0 unspecified atom stereocenters. The second-order valence-electron chi connectivity index (χ2n) is 5.87. The van der Waals surface area contributed by atoms with Gasteiger partial charge in [0.15, 0.2) is 0 Å². The Morgan fingerprint density at radius 2 is 1.77 bits per heavy atom. The number of amides is 1. The van der Waals surface area contributed by atoms with Crippen LogP contribution < -0.4 is 5.32 Å². The molecule has 0 bridgehead atoms. The Kier molecular flexibility index (Phi) is 6.89.